The number of fused-ring (bicyclic) bond motifs is 6. The molecular weight excluding hydrogens is 701 g/mol. The zero-order chi connectivity index (χ0) is 38.4. The molecule has 0 bridgehead atoms. The van der Waals surface area contributed by atoms with Crippen molar-refractivity contribution in [1.29, 1.82) is 0 Å². The molecule has 10 aromatic carbocycles. The smallest absolute Gasteiger partial charge is 0.0640 e. The highest BCUT2D eigenvalue weighted by Crippen LogP contribution is 2.50. The lowest BCUT2D eigenvalue weighted by Crippen LogP contribution is -2.12. The van der Waals surface area contributed by atoms with Gasteiger partial charge in [0.25, 0.3) is 0 Å². The molecule has 0 amide bonds. The summed E-state index contributed by atoms with van der Waals surface area (Å²) >= 11 is 0. The van der Waals surface area contributed by atoms with E-state index < -0.39 is 0 Å². The van der Waals surface area contributed by atoms with E-state index in [2.05, 4.69) is 240 Å². The van der Waals surface area contributed by atoms with Gasteiger partial charge in [0.15, 0.2) is 0 Å². The Labute approximate surface area is 338 Å². The molecule has 0 fully saturated rings. The van der Waals surface area contributed by atoms with Crippen LogP contribution in [0, 0.1) is 0 Å². The molecule has 272 valence electrons. The van der Waals surface area contributed by atoms with Gasteiger partial charge in [-0.15, -0.1) is 0 Å². The number of anilines is 3. The zero-order valence-electron chi connectivity index (χ0n) is 31.8. The van der Waals surface area contributed by atoms with Crippen LogP contribution in [0.25, 0.3) is 82.4 Å². The number of benzene rings is 10. The Morgan fingerprint density at radius 2 is 0.879 bits per heavy atom. The first kappa shape index (κ1) is 33.6. The number of hydrogen-bond acceptors (Lipinski definition) is 1. The minimum atomic E-state index is 1.09. The summed E-state index contributed by atoms with van der Waals surface area (Å²) in [4.78, 5) is 2.49. The van der Waals surface area contributed by atoms with E-state index in [9.17, 15) is 0 Å². The van der Waals surface area contributed by atoms with Gasteiger partial charge >= 0.3 is 0 Å². The predicted octanol–water partition coefficient (Wildman–Crippen LogP) is 15.6. The second-order valence-electron chi connectivity index (χ2n) is 14.9. The van der Waals surface area contributed by atoms with Crippen molar-refractivity contribution >= 4 is 60.4 Å². The molecule has 2 heteroatoms. The van der Waals surface area contributed by atoms with Gasteiger partial charge in [0.05, 0.1) is 28.1 Å². The van der Waals surface area contributed by atoms with Crippen LogP contribution in [0.2, 0.25) is 0 Å². The summed E-state index contributed by atoms with van der Waals surface area (Å²) in [7, 11) is 0. The molecule has 0 aliphatic carbocycles. The van der Waals surface area contributed by atoms with E-state index in [1.165, 1.54) is 76.7 Å². The topological polar surface area (TPSA) is 8.17 Å². The van der Waals surface area contributed by atoms with Crippen molar-refractivity contribution in [1.82, 2.24) is 4.57 Å². The lowest BCUT2D eigenvalue weighted by molar-refractivity contribution is 1.20. The van der Waals surface area contributed by atoms with Crippen LogP contribution < -0.4 is 4.90 Å². The lowest BCUT2D eigenvalue weighted by Gasteiger charge is -2.29. The molecule has 0 saturated heterocycles. The van der Waals surface area contributed by atoms with Gasteiger partial charge in [0.1, 0.15) is 0 Å². The second-order valence-corrected chi connectivity index (χ2v) is 14.9. The SMILES string of the molecule is c1ccc(-c2ccc(N(c3ccccc3-c3ccccc3)c3cc4ccccc4c4c3c3cc(-c5ccccc5)ccc3n4-c3cccc4ccccc34)cc2)cc1. The molecule has 11 rings (SSSR count). The van der Waals surface area contributed by atoms with E-state index >= 15 is 0 Å². The molecule has 1 aromatic heterocycles. The Morgan fingerprint density at radius 1 is 0.328 bits per heavy atom. The fraction of sp³-hybridized carbons (Fsp3) is 0. The molecular formula is C56H38N2. The fourth-order valence-electron chi connectivity index (χ4n) is 8.88. The molecule has 0 aliphatic heterocycles. The number of nitrogens with zero attached hydrogens (tertiary/aromatic N) is 2. The molecule has 0 saturated carbocycles. The molecule has 0 N–H and O–H groups in total. The highest BCUT2D eigenvalue weighted by atomic mass is 15.2. The fourth-order valence-corrected chi connectivity index (χ4v) is 8.88. The molecule has 11 aromatic rings. The normalized spacial score (nSPS) is 11.4. The second kappa shape index (κ2) is 14.1. The summed E-state index contributed by atoms with van der Waals surface area (Å²) in [6.07, 6.45) is 0. The quantitative estimate of drug-likeness (QED) is 0.158. The minimum absolute atomic E-state index is 1.09. The van der Waals surface area contributed by atoms with E-state index in [4.69, 9.17) is 0 Å². The largest absolute Gasteiger partial charge is 0.309 e. The van der Waals surface area contributed by atoms with Crippen molar-refractivity contribution in [2.75, 3.05) is 4.90 Å². The Kier molecular flexibility index (Phi) is 8.19. The molecule has 1 heterocycles. The predicted molar refractivity (Wildman–Crippen MR) is 247 cm³/mol. The van der Waals surface area contributed by atoms with E-state index in [-0.39, 0.29) is 0 Å². The Hall–Kier alpha value is -7.68. The summed E-state index contributed by atoms with van der Waals surface area (Å²) in [6.45, 7) is 0. The van der Waals surface area contributed by atoms with Crippen LogP contribution >= 0.6 is 0 Å². The molecule has 0 radical (unpaired) electrons. The third-order valence-electron chi connectivity index (χ3n) is 11.5. The minimum Gasteiger partial charge on any atom is -0.309 e. The molecule has 0 aliphatic rings. The van der Waals surface area contributed by atoms with Crippen LogP contribution in [0.1, 0.15) is 0 Å². The number of hydrogen-bond donors (Lipinski definition) is 0. The van der Waals surface area contributed by atoms with Crippen molar-refractivity contribution in [3.63, 3.8) is 0 Å². The van der Waals surface area contributed by atoms with Crippen molar-refractivity contribution in [2.24, 2.45) is 0 Å². The first-order valence-corrected chi connectivity index (χ1v) is 19.9. The first-order chi connectivity index (χ1) is 28.8. The summed E-state index contributed by atoms with van der Waals surface area (Å²) < 4.78 is 2.52. The van der Waals surface area contributed by atoms with Gasteiger partial charge in [-0.05, 0) is 81.1 Å². The number of rotatable bonds is 7. The maximum atomic E-state index is 2.52. The Bertz CT molecular complexity index is 3250. The van der Waals surface area contributed by atoms with Gasteiger partial charge in [0.2, 0.25) is 0 Å². The molecule has 0 spiro atoms. The van der Waals surface area contributed by atoms with Crippen LogP contribution in [0.4, 0.5) is 17.1 Å². The average molecular weight is 739 g/mol. The molecule has 0 atom stereocenters. The van der Waals surface area contributed by atoms with E-state index in [1.807, 2.05) is 0 Å². The lowest BCUT2D eigenvalue weighted by atomic mass is 9.97. The third-order valence-corrected chi connectivity index (χ3v) is 11.5. The van der Waals surface area contributed by atoms with E-state index in [0.29, 0.717) is 0 Å². The summed E-state index contributed by atoms with van der Waals surface area (Å²) in [5.41, 5.74) is 13.9. The maximum Gasteiger partial charge on any atom is 0.0640 e. The average Bonchev–Trinajstić information content (AvgIpc) is 3.65. The van der Waals surface area contributed by atoms with Gasteiger partial charge in [-0.25, -0.2) is 0 Å². The van der Waals surface area contributed by atoms with Gasteiger partial charge in [-0.2, -0.15) is 0 Å². The molecule has 0 unspecified atom stereocenters. The Morgan fingerprint density at radius 3 is 1.62 bits per heavy atom. The number of aromatic nitrogens is 1. The monoisotopic (exact) mass is 738 g/mol. The standard InChI is InChI=1S/C56H38N2/c1-4-17-39(18-5-1)41-31-34-46(35-32-41)57(51-29-15-14-27-47(51)42-21-8-3-9-22-42)54-38-45-24-11-13-28-49(45)56-55(54)50-37-44(40-19-6-2-7-20-40)33-36-53(50)58(56)52-30-16-25-43-23-10-12-26-48(43)52/h1-38H. The van der Waals surface area contributed by atoms with Crippen LogP contribution in [0.5, 0.6) is 0 Å². The van der Waals surface area contributed by atoms with Crippen LogP contribution in [0.3, 0.4) is 0 Å². The van der Waals surface area contributed by atoms with Gasteiger partial charge in [0, 0.05) is 32.8 Å². The summed E-state index contributed by atoms with van der Waals surface area (Å²) in [5.74, 6) is 0. The summed E-state index contributed by atoms with van der Waals surface area (Å²) in [5, 5.41) is 7.23. The van der Waals surface area contributed by atoms with Crippen LogP contribution in [-0.2, 0) is 0 Å². The highest BCUT2D eigenvalue weighted by Gasteiger charge is 2.26. The third kappa shape index (κ3) is 5.66. The van der Waals surface area contributed by atoms with Crippen LogP contribution in [0.15, 0.2) is 231 Å². The van der Waals surface area contributed by atoms with E-state index in [0.717, 1.165) is 22.7 Å². The Balaban J connectivity index is 1.30. The number of para-hydroxylation sites is 1. The zero-order valence-corrected chi connectivity index (χ0v) is 31.8. The molecule has 58 heavy (non-hydrogen) atoms. The van der Waals surface area contributed by atoms with Crippen molar-refractivity contribution in [2.45, 2.75) is 0 Å². The molecule has 2 nitrogen and oxygen atoms in total. The van der Waals surface area contributed by atoms with Crippen molar-refractivity contribution < 1.29 is 0 Å². The first-order valence-electron chi connectivity index (χ1n) is 19.9. The van der Waals surface area contributed by atoms with Crippen molar-refractivity contribution in [3.05, 3.63) is 231 Å². The van der Waals surface area contributed by atoms with Gasteiger partial charge in [-0.3, -0.25) is 0 Å². The summed E-state index contributed by atoms with van der Waals surface area (Å²) in [6, 6.07) is 83.8. The van der Waals surface area contributed by atoms with E-state index in [1.54, 1.807) is 0 Å². The van der Waals surface area contributed by atoms with Crippen LogP contribution in [-0.4, -0.2) is 4.57 Å². The van der Waals surface area contributed by atoms with Crippen molar-refractivity contribution in [3.8, 4) is 39.1 Å². The highest BCUT2D eigenvalue weighted by molar-refractivity contribution is 6.26. The maximum absolute atomic E-state index is 2.52. The van der Waals surface area contributed by atoms with Gasteiger partial charge < -0.3 is 9.47 Å². The van der Waals surface area contributed by atoms with Gasteiger partial charge in [-0.1, -0.05) is 188 Å².